The molecule has 156 valence electrons. The van der Waals surface area contributed by atoms with Crippen molar-refractivity contribution in [3.05, 3.63) is 64.9 Å². The molecular weight excluding hydrogens is 384 g/mol. The van der Waals surface area contributed by atoms with Gasteiger partial charge in [-0.1, -0.05) is 0 Å². The standard InChI is InChI=1S/C23H24N2O5/c1-14-9-19-17(12-29-20(19)10-15(14)2)11-22(27)30-13-21(26)24-18-7-5-16(6-8-18)23(28)25(3)4/h5-10,12H,11,13H2,1-4H3,(H,24,26). The minimum Gasteiger partial charge on any atom is -0.464 e. The molecule has 0 saturated carbocycles. The Morgan fingerprint density at radius 1 is 1.03 bits per heavy atom. The number of carbonyl (C=O) groups is 3. The van der Waals surface area contributed by atoms with E-state index in [-0.39, 0.29) is 12.3 Å². The number of hydrogen-bond acceptors (Lipinski definition) is 5. The first-order valence-corrected chi connectivity index (χ1v) is 9.49. The Balaban J connectivity index is 1.53. The monoisotopic (exact) mass is 408 g/mol. The number of aryl methyl sites for hydroxylation is 2. The van der Waals surface area contributed by atoms with Crippen LogP contribution in [0.15, 0.2) is 47.1 Å². The molecule has 0 fully saturated rings. The Hall–Kier alpha value is -3.61. The quantitative estimate of drug-likeness (QED) is 0.631. The maximum atomic E-state index is 12.2. The highest BCUT2D eigenvalue weighted by Crippen LogP contribution is 2.25. The molecule has 0 aliphatic rings. The summed E-state index contributed by atoms with van der Waals surface area (Å²) in [5, 5.41) is 3.50. The third-order valence-corrected chi connectivity index (χ3v) is 4.79. The van der Waals surface area contributed by atoms with Gasteiger partial charge in [-0.2, -0.15) is 0 Å². The van der Waals surface area contributed by atoms with E-state index in [0.29, 0.717) is 11.3 Å². The van der Waals surface area contributed by atoms with Gasteiger partial charge in [0, 0.05) is 36.3 Å². The smallest absolute Gasteiger partial charge is 0.310 e. The Morgan fingerprint density at radius 3 is 2.37 bits per heavy atom. The average Bonchev–Trinajstić information content (AvgIpc) is 3.08. The summed E-state index contributed by atoms with van der Waals surface area (Å²) in [5.41, 5.74) is 4.69. The molecule has 0 saturated heterocycles. The van der Waals surface area contributed by atoms with Gasteiger partial charge in [0.15, 0.2) is 6.61 Å². The number of esters is 1. The molecule has 0 radical (unpaired) electrons. The van der Waals surface area contributed by atoms with Gasteiger partial charge in [0.2, 0.25) is 0 Å². The fraction of sp³-hybridized carbons (Fsp3) is 0.261. The minimum absolute atomic E-state index is 0.0180. The van der Waals surface area contributed by atoms with Crippen LogP contribution < -0.4 is 5.32 Å². The lowest BCUT2D eigenvalue weighted by atomic mass is 10.0. The number of anilines is 1. The maximum absolute atomic E-state index is 12.2. The molecule has 7 heteroatoms. The maximum Gasteiger partial charge on any atom is 0.310 e. The number of nitrogens with zero attached hydrogens (tertiary/aromatic N) is 1. The van der Waals surface area contributed by atoms with Gasteiger partial charge in [-0.15, -0.1) is 0 Å². The van der Waals surface area contributed by atoms with Crippen molar-refractivity contribution >= 4 is 34.4 Å². The first-order valence-electron chi connectivity index (χ1n) is 9.49. The fourth-order valence-electron chi connectivity index (χ4n) is 2.98. The average molecular weight is 408 g/mol. The predicted octanol–water partition coefficient (Wildman–Crippen LogP) is 3.48. The summed E-state index contributed by atoms with van der Waals surface area (Å²) in [7, 11) is 3.34. The lowest BCUT2D eigenvalue weighted by Crippen LogP contribution is -2.22. The highest BCUT2D eigenvalue weighted by Gasteiger charge is 2.14. The van der Waals surface area contributed by atoms with Gasteiger partial charge >= 0.3 is 5.97 Å². The molecule has 2 aromatic carbocycles. The van der Waals surface area contributed by atoms with Crippen LogP contribution in [0.3, 0.4) is 0 Å². The van der Waals surface area contributed by atoms with Crippen LogP contribution in [-0.4, -0.2) is 43.4 Å². The Labute approximate surface area is 174 Å². The van der Waals surface area contributed by atoms with Gasteiger partial charge in [-0.3, -0.25) is 14.4 Å². The number of amides is 2. The number of hydrogen-bond donors (Lipinski definition) is 1. The van der Waals surface area contributed by atoms with E-state index in [2.05, 4.69) is 5.32 Å². The van der Waals surface area contributed by atoms with Crippen molar-refractivity contribution in [3.8, 4) is 0 Å². The topological polar surface area (TPSA) is 88.8 Å². The highest BCUT2D eigenvalue weighted by atomic mass is 16.5. The zero-order valence-corrected chi connectivity index (χ0v) is 17.4. The molecule has 2 amide bonds. The van der Waals surface area contributed by atoms with E-state index in [4.69, 9.17) is 9.15 Å². The van der Waals surface area contributed by atoms with E-state index in [9.17, 15) is 14.4 Å². The second-order valence-corrected chi connectivity index (χ2v) is 7.36. The summed E-state index contributed by atoms with van der Waals surface area (Å²) < 4.78 is 10.6. The Bertz CT molecular complexity index is 1100. The molecular formula is C23H24N2O5. The van der Waals surface area contributed by atoms with Crippen LogP contribution in [0.2, 0.25) is 0 Å². The summed E-state index contributed by atoms with van der Waals surface area (Å²) in [4.78, 5) is 37.6. The molecule has 30 heavy (non-hydrogen) atoms. The predicted molar refractivity (Wildman–Crippen MR) is 113 cm³/mol. The second-order valence-electron chi connectivity index (χ2n) is 7.36. The molecule has 0 atom stereocenters. The van der Waals surface area contributed by atoms with E-state index in [0.717, 1.165) is 27.7 Å². The van der Waals surface area contributed by atoms with Crippen LogP contribution in [0, 0.1) is 13.8 Å². The second kappa shape index (κ2) is 8.82. The number of ether oxygens (including phenoxy) is 1. The molecule has 0 aliphatic heterocycles. The summed E-state index contributed by atoms with van der Waals surface area (Å²) in [6, 6.07) is 10.4. The number of benzene rings is 2. The molecule has 0 bridgehead atoms. The molecule has 1 heterocycles. The largest absolute Gasteiger partial charge is 0.464 e. The molecule has 7 nitrogen and oxygen atoms in total. The number of fused-ring (bicyclic) bond motifs is 1. The normalized spacial score (nSPS) is 10.7. The molecule has 0 spiro atoms. The molecule has 3 aromatic rings. The third kappa shape index (κ3) is 4.86. The van der Waals surface area contributed by atoms with Gasteiger partial charge in [0.05, 0.1) is 12.7 Å². The van der Waals surface area contributed by atoms with Crippen molar-refractivity contribution in [2.75, 3.05) is 26.0 Å². The van der Waals surface area contributed by atoms with Crippen molar-refractivity contribution in [1.29, 1.82) is 0 Å². The van der Waals surface area contributed by atoms with E-state index in [1.807, 2.05) is 26.0 Å². The van der Waals surface area contributed by atoms with Crippen LogP contribution in [-0.2, 0) is 20.7 Å². The number of nitrogens with one attached hydrogen (secondary N) is 1. The van der Waals surface area contributed by atoms with Gasteiger partial charge in [0.1, 0.15) is 5.58 Å². The van der Waals surface area contributed by atoms with Crippen LogP contribution in [0.4, 0.5) is 5.69 Å². The van der Waals surface area contributed by atoms with E-state index in [1.165, 1.54) is 4.90 Å². The Morgan fingerprint density at radius 2 is 1.70 bits per heavy atom. The first kappa shape index (κ1) is 21.1. The lowest BCUT2D eigenvalue weighted by molar-refractivity contribution is -0.146. The van der Waals surface area contributed by atoms with Gasteiger partial charge in [-0.05, 0) is 61.4 Å². The van der Waals surface area contributed by atoms with Crippen molar-refractivity contribution in [3.63, 3.8) is 0 Å². The zero-order valence-electron chi connectivity index (χ0n) is 17.4. The molecule has 1 N–H and O–H groups in total. The molecule has 1 aromatic heterocycles. The summed E-state index contributed by atoms with van der Waals surface area (Å²) >= 11 is 0. The van der Waals surface area contributed by atoms with Crippen molar-refractivity contribution < 1.29 is 23.5 Å². The number of furan rings is 1. The number of carbonyl (C=O) groups excluding carboxylic acids is 3. The molecule has 0 aliphatic carbocycles. The van der Waals surface area contributed by atoms with Crippen LogP contribution in [0.25, 0.3) is 11.0 Å². The van der Waals surface area contributed by atoms with E-state index >= 15 is 0 Å². The summed E-state index contributed by atoms with van der Waals surface area (Å²) in [5.74, 6) is -1.10. The third-order valence-electron chi connectivity index (χ3n) is 4.79. The van der Waals surface area contributed by atoms with Gasteiger partial charge < -0.3 is 19.4 Å². The minimum atomic E-state index is -0.516. The molecule has 3 rings (SSSR count). The van der Waals surface area contributed by atoms with Crippen LogP contribution in [0.5, 0.6) is 0 Å². The van der Waals surface area contributed by atoms with Crippen LogP contribution in [0.1, 0.15) is 27.0 Å². The van der Waals surface area contributed by atoms with E-state index in [1.54, 1.807) is 44.6 Å². The Kier molecular flexibility index (Phi) is 6.20. The van der Waals surface area contributed by atoms with Crippen molar-refractivity contribution in [2.24, 2.45) is 0 Å². The highest BCUT2D eigenvalue weighted by molar-refractivity contribution is 5.96. The van der Waals surface area contributed by atoms with Crippen LogP contribution >= 0.6 is 0 Å². The SMILES string of the molecule is Cc1cc2occ(CC(=O)OCC(=O)Nc3ccc(C(=O)N(C)C)cc3)c2cc1C. The van der Waals surface area contributed by atoms with Gasteiger partial charge in [0.25, 0.3) is 11.8 Å². The zero-order chi connectivity index (χ0) is 21.8. The fourth-order valence-corrected chi connectivity index (χ4v) is 2.98. The lowest BCUT2D eigenvalue weighted by Gasteiger charge is -2.11. The summed E-state index contributed by atoms with van der Waals surface area (Å²) in [6.07, 6.45) is 1.56. The van der Waals surface area contributed by atoms with Crippen molar-refractivity contribution in [2.45, 2.75) is 20.3 Å². The van der Waals surface area contributed by atoms with Gasteiger partial charge in [-0.25, -0.2) is 0 Å². The van der Waals surface area contributed by atoms with E-state index < -0.39 is 18.5 Å². The number of rotatable bonds is 6. The van der Waals surface area contributed by atoms with Crippen molar-refractivity contribution in [1.82, 2.24) is 4.90 Å². The summed E-state index contributed by atoms with van der Waals surface area (Å²) in [6.45, 7) is 3.60. The first-order chi connectivity index (χ1) is 14.2. The molecule has 0 unspecified atom stereocenters.